The zero-order chi connectivity index (χ0) is 14.7. The number of rotatable bonds is 3. The van der Waals surface area contributed by atoms with E-state index in [0.717, 1.165) is 6.07 Å². The second-order valence-electron chi connectivity index (χ2n) is 3.60. The molecule has 20 heavy (non-hydrogen) atoms. The minimum absolute atomic E-state index is 0.0611. The fraction of sp³-hybridized carbons (Fsp3) is 0. The van der Waals surface area contributed by atoms with Gasteiger partial charge in [-0.1, -0.05) is 0 Å². The molecule has 1 aromatic carbocycles. The monoisotopic (exact) mass is 273 g/mol. The van der Waals surface area contributed by atoms with Gasteiger partial charge in [-0.3, -0.25) is 20.0 Å². The number of nitro groups is 1. The lowest BCUT2D eigenvalue weighted by Gasteiger charge is -2.04. The van der Waals surface area contributed by atoms with Gasteiger partial charge in [0.15, 0.2) is 0 Å². The van der Waals surface area contributed by atoms with Gasteiger partial charge in [0.1, 0.15) is 5.69 Å². The summed E-state index contributed by atoms with van der Waals surface area (Å²) in [5.74, 6) is -1.03. The average molecular weight is 273 g/mol. The quantitative estimate of drug-likeness (QED) is 0.538. The van der Waals surface area contributed by atoms with E-state index < -0.39 is 16.5 Å². The third-order valence-corrected chi connectivity index (χ3v) is 2.29. The largest absolute Gasteiger partial charge is 0.366 e. The first-order valence-corrected chi connectivity index (χ1v) is 5.19. The normalized spacial score (nSPS) is 9.75. The van der Waals surface area contributed by atoms with Crippen LogP contribution in [0, 0.1) is 21.4 Å². The van der Waals surface area contributed by atoms with Crippen LogP contribution in [0.15, 0.2) is 18.2 Å². The lowest BCUT2D eigenvalue weighted by molar-refractivity contribution is -0.383. The number of anilines is 2. The van der Waals surface area contributed by atoms with Crippen molar-refractivity contribution in [3.8, 4) is 6.07 Å². The molecule has 10 nitrogen and oxygen atoms in total. The number of nitro benzene ring substituents is 1. The van der Waals surface area contributed by atoms with Crippen molar-refractivity contribution in [3.63, 3.8) is 0 Å². The highest BCUT2D eigenvalue weighted by atomic mass is 16.6. The molecule has 1 heterocycles. The van der Waals surface area contributed by atoms with E-state index in [9.17, 15) is 14.9 Å². The Morgan fingerprint density at radius 3 is 2.85 bits per heavy atom. The number of nitrogens with two attached hydrogens (primary N) is 1. The van der Waals surface area contributed by atoms with Crippen LogP contribution in [0.3, 0.4) is 0 Å². The summed E-state index contributed by atoms with van der Waals surface area (Å²) in [6, 6.07) is 5.44. The molecular weight excluding hydrogens is 266 g/mol. The highest BCUT2D eigenvalue weighted by molar-refractivity contribution is 6.03. The van der Waals surface area contributed by atoms with Gasteiger partial charge in [0.25, 0.3) is 11.6 Å². The molecule has 1 amide bonds. The molecule has 100 valence electrons. The SMILES string of the molecule is N#Cc1ccc(NC(=O)c2nc(N)n[nH]2)c([N+](=O)[O-])c1. The van der Waals surface area contributed by atoms with Crippen LogP contribution in [0.5, 0.6) is 0 Å². The molecule has 4 N–H and O–H groups in total. The summed E-state index contributed by atoms with van der Waals surface area (Å²) in [6.45, 7) is 0. The van der Waals surface area contributed by atoms with Crippen molar-refractivity contribution in [2.24, 2.45) is 0 Å². The number of nitrogens with zero attached hydrogens (tertiary/aromatic N) is 4. The maximum atomic E-state index is 11.8. The Balaban J connectivity index is 2.32. The lowest BCUT2D eigenvalue weighted by atomic mass is 10.2. The van der Waals surface area contributed by atoms with Crippen LogP contribution in [0.4, 0.5) is 17.3 Å². The zero-order valence-corrected chi connectivity index (χ0v) is 9.82. The minimum atomic E-state index is -0.734. The van der Waals surface area contributed by atoms with Crippen LogP contribution in [0.2, 0.25) is 0 Å². The number of nitrogen functional groups attached to an aromatic ring is 1. The van der Waals surface area contributed by atoms with E-state index in [1.165, 1.54) is 12.1 Å². The Labute approximate surface area is 111 Å². The van der Waals surface area contributed by atoms with Crippen molar-refractivity contribution in [2.45, 2.75) is 0 Å². The Hall–Kier alpha value is -3.48. The molecule has 0 saturated heterocycles. The molecule has 0 spiro atoms. The molecule has 0 aliphatic rings. The van der Waals surface area contributed by atoms with Crippen molar-refractivity contribution in [3.05, 3.63) is 39.7 Å². The van der Waals surface area contributed by atoms with Gasteiger partial charge >= 0.3 is 0 Å². The van der Waals surface area contributed by atoms with Gasteiger partial charge in [-0.25, -0.2) is 0 Å². The number of hydrogen-bond donors (Lipinski definition) is 3. The first-order valence-electron chi connectivity index (χ1n) is 5.19. The fourth-order valence-electron chi connectivity index (χ4n) is 1.42. The van der Waals surface area contributed by atoms with Gasteiger partial charge in [-0.15, -0.1) is 5.10 Å². The predicted octanol–water partition coefficient (Wildman–Crippen LogP) is 0.419. The van der Waals surface area contributed by atoms with Crippen LogP contribution >= 0.6 is 0 Å². The molecule has 0 bridgehead atoms. The number of aromatic amines is 1. The second-order valence-corrected chi connectivity index (χ2v) is 3.60. The van der Waals surface area contributed by atoms with Crippen LogP contribution in [-0.2, 0) is 0 Å². The average Bonchev–Trinajstić information content (AvgIpc) is 2.85. The molecule has 0 aliphatic heterocycles. The number of carbonyl (C=O) groups is 1. The molecule has 1 aromatic heterocycles. The summed E-state index contributed by atoms with van der Waals surface area (Å²) in [4.78, 5) is 25.6. The predicted molar refractivity (Wildman–Crippen MR) is 66.6 cm³/mol. The number of H-pyrrole nitrogens is 1. The molecule has 0 unspecified atom stereocenters. The fourth-order valence-corrected chi connectivity index (χ4v) is 1.42. The van der Waals surface area contributed by atoms with E-state index in [1.807, 2.05) is 0 Å². The second kappa shape index (κ2) is 5.02. The topological polar surface area (TPSA) is 164 Å². The van der Waals surface area contributed by atoms with Crippen molar-refractivity contribution >= 4 is 23.2 Å². The van der Waals surface area contributed by atoms with Crippen molar-refractivity contribution < 1.29 is 9.72 Å². The van der Waals surface area contributed by atoms with E-state index in [-0.39, 0.29) is 23.0 Å². The van der Waals surface area contributed by atoms with Gasteiger partial charge in [0.2, 0.25) is 11.8 Å². The van der Waals surface area contributed by atoms with E-state index in [4.69, 9.17) is 11.0 Å². The van der Waals surface area contributed by atoms with E-state index in [1.54, 1.807) is 6.07 Å². The maximum Gasteiger partial charge on any atom is 0.294 e. The highest BCUT2D eigenvalue weighted by Gasteiger charge is 2.19. The Morgan fingerprint density at radius 2 is 2.30 bits per heavy atom. The summed E-state index contributed by atoms with van der Waals surface area (Å²) in [7, 11) is 0. The standard InChI is InChI=1S/C10H7N7O3/c11-4-5-1-2-6(7(3-5)17(19)20)13-9(18)8-14-10(12)16-15-8/h1-3H,(H,13,18)(H3,12,14,15,16). The molecule has 0 aliphatic carbocycles. The number of nitrogens with one attached hydrogen (secondary N) is 2. The van der Waals surface area contributed by atoms with E-state index in [0.29, 0.717) is 0 Å². The molecule has 0 radical (unpaired) electrons. The van der Waals surface area contributed by atoms with E-state index in [2.05, 4.69) is 20.5 Å². The Morgan fingerprint density at radius 1 is 1.55 bits per heavy atom. The minimum Gasteiger partial charge on any atom is -0.366 e. The third kappa shape index (κ3) is 2.51. The molecule has 0 saturated carbocycles. The maximum absolute atomic E-state index is 11.8. The molecular formula is C10H7N7O3. The van der Waals surface area contributed by atoms with E-state index >= 15 is 0 Å². The van der Waals surface area contributed by atoms with Gasteiger partial charge in [-0.05, 0) is 12.1 Å². The molecule has 0 atom stereocenters. The molecule has 2 rings (SSSR count). The summed E-state index contributed by atoms with van der Waals surface area (Å²) >= 11 is 0. The first-order chi connectivity index (χ1) is 9.51. The number of amides is 1. The number of benzene rings is 1. The lowest BCUT2D eigenvalue weighted by Crippen LogP contribution is -2.15. The zero-order valence-electron chi connectivity index (χ0n) is 9.82. The van der Waals surface area contributed by atoms with Gasteiger partial charge in [0.05, 0.1) is 16.6 Å². The smallest absolute Gasteiger partial charge is 0.294 e. The van der Waals surface area contributed by atoms with Gasteiger partial charge in [-0.2, -0.15) is 10.2 Å². The number of nitriles is 1. The van der Waals surface area contributed by atoms with Crippen molar-refractivity contribution in [1.29, 1.82) is 5.26 Å². The van der Waals surface area contributed by atoms with Crippen LogP contribution < -0.4 is 11.1 Å². The van der Waals surface area contributed by atoms with Gasteiger partial charge in [0, 0.05) is 6.07 Å². The number of hydrogen-bond acceptors (Lipinski definition) is 7. The Kier molecular flexibility index (Phi) is 3.26. The first kappa shape index (κ1) is 13.0. The summed E-state index contributed by atoms with van der Waals surface area (Å²) < 4.78 is 0. The summed E-state index contributed by atoms with van der Waals surface area (Å²) in [6.07, 6.45) is 0. The van der Waals surface area contributed by atoms with Crippen LogP contribution in [-0.4, -0.2) is 26.0 Å². The van der Waals surface area contributed by atoms with Gasteiger partial charge < -0.3 is 11.1 Å². The third-order valence-electron chi connectivity index (χ3n) is 2.29. The summed E-state index contributed by atoms with van der Waals surface area (Å²) in [5.41, 5.74) is 4.90. The van der Waals surface area contributed by atoms with Crippen LogP contribution in [0.25, 0.3) is 0 Å². The number of carbonyl (C=O) groups excluding carboxylic acids is 1. The molecule has 10 heteroatoms. The number of aromatic nitrogens is 3. The van der Waals surface area contributed by atoms with Crippen LogP contribution in [0.1, 0.15) is 16.2 Å². The van der Waals surface area contributed by atoms with Crippen molar-refractivity contribution in [1.82, 2.24) is 15.2 Å². The van der Waals surface area contributed by atoms with Crippen molar-refractivity contribution in [2.75, 3.05) is 11.1 Å². The molecule has 2 aromatic rings. The summed E-state index contributed by atoms with van der Waals surface area (Å²) in [5, 5.41) is 27.6. The highest BCUT2D eigenvalue weighted by Crippen LogP contribution is 2.25. The Bertz CT molecular complexity index is 731. The molecule has 0 fully saturated rings.